The van der Waals surface area contributed by atoms with Gasteiger partial charge >= 0.3 is 0 Å². The average molecular weight is 145 g/mol. The van der Waals surface area contributed by atoms with Gasteiger partial charge in [-0.3, -0.25) is 4.21 Å². The molecule has 0 aliphatic carbocycles. The zero-order chi connectivity index (χ0) is 7.11. The molecule has 52 valence electrons. The first-order valence-corrected chi connectivity index (χ1v) is 3.77. The second kappa shape index (κ2) is 5.72. The lowest BCUT2D eigenvalue weighted by molar-refractivity contribution is 0.546. The van der Waals surface area contributed by atoms with Crippen molar-refractivity contribution in [3.8, 4) is 0 Å². The highest BCUT2D eigenvalue weighted by Gasteiger charge is 1.68. The van der Waals surface area contributed by atoms with Crippen LogP contribution in [-0.4, -0.2) is 8.76 Å². The Labute approximate surface area is 57.6 Å². The quantitative estimate of drug-likeness (QED) is 0.444. The molecule has 0 amide bonds. The predicted molar refractivity (Wildman–Crippen MR) is 37.5 cm³/mol. The molecule has 0 fully saturated rings. The van der Waals surface area contributed by atoms with Crippen LogP contribution < -0.4 is 0 Å². The molecule has 0 N–H and O–H groups in total. The molecule has 0 heterocycles. The molecule has 0 bridgehead atoms. The highest BCUT2D eigenvalue weighted by atomic mass is 32.2. The van der Waals surface area contributed by atoms with Crippen LogP contribution in [0.25, 0.3) is 0 Å². The van der Waals surface area contributed by atoms with Crippen LogP contribution in [0.3, 0.4) is 0 Å². The fourth-order valence-electron chi connectivity index (χ4n) is 0.349. The second-order valence-electron chi connectivity index (χ2n) is 1.44. The SMILES string of the molecule is CC=CCC=CS(=O)[O-]. The van der Waals surface area contributed by atoms with Crippen LogP contribution in [0.1, 0.15) is 13.3 Å². The number of hydrogen-bond acceptors (Lipinski definition) is 2. The van der Waals surface area contributed by atoms with E-state index in [1.54, 1.807) is 6.08 Å². The summed E-state index contributed by atoms with van der Waals surface area (Å²) in [5, 5.41) is 1.14. The minimum atomic E-state index is -2.03. The van der Waals surface area contributed by atoms with Crippen LogP contribution in [0, 0.1) is 0 Å². The van der Waals surface area contributed by atoms with Crippen molar-refractivity contribution >= 4 is 11.1 Å². The van der Waals surface area contributed by atoms with Gasteiger partial charge in [-0.15, -0.1) is 0 Å². The molecule has 3 heteroatoms. The first-order valence-electron chi connectivity index (χ1n) is 2.63. The topological polar surface area (TPSA) is 40.1 Å². The Morgan fingerprint density at radius 3 is 2.67 bits per heavy atom. The maximum absolute atomic E-state index is 9.85. The lowest BCUT2D eigenvalue weighted by Gasteiger charge is -1.91. The summed E-state index contributed by atoms with van der Waals surface area (Å²) < 4.78 is 19.7. The summed E-state index contributed by atoms with van der Waals surface area (Å²) in [6.07, 6.45) is 6.02. The van der Waals surface area contributed by atoms with Crippen molar-refractivity contribution in [2.75, 3.05) is 0 Å². The van der Waals surface area contributed by atoms with E-state index >= 15 is 0 Å². The first-order chi connectivity index (χ1) is 4.27. The number of hydrogen-bond donors (Lipinski definition) is 0. The van der Waals surface area contributed by atoms with Crippen molar-refractivity contribution < 1.29 is 8.76 Å². The van der Waals surface area contributed by atoms with E-state index in [2.05, 4.69) is 0 Å². The van der Waals surface area contributed by atoms with Gasteiger partial charge in [0.2, 0.25) is 0 Å². The van der Waals surface area contributed by atoms with Crippen molar-refractivity contribution in [1.82, 2.24) is 0 Å². The first kappa shape index (κ1) is 8.59. The Balaban J connectivity index is 3.36. The summed E-state index contributed by atoms with van der Waals surface area (Å²) in [7, 11) is 0. The molecule has 0 aliphatic rings. The molecule has 0 aromatic heterocycles. The van der Waals surface area contributed by atoms with Crippen molar-refractivity contribution in [3.05, 3.63) is 23.6 Å². The van der Waals surface area contributed by atoms with Crippen LogP contribution in [0.2, 0.25) is 0 Å². The molecule has 0 rings (SSSR count). The van der Waals surface area contributed by atoms with Gasteiger partial charge in [0.15, 0.2) is 0 Å². The third-order valence-corrected chi connectivity index (χ3v) is 1.13. The third kappa shape index (κ3) is 7.59. The molecule has 0 spiro atoms. The zero-order valence-corrected chi connectivity index (χ0v) is 6.06. The van der Waals surface area contributed by atoms with Gasteiger partial charge in [0.1, 0.15) is 0 Å². The molecule has 1 atom stereocenters. The Kier molecular flexibility index (Phi) is 5.46. The van der Waals surface area contributed by atoms with Crippen LogP contribution >= 0.6 is 0 Å². The molecular formula is C6H9O2S-. The number of allylic oxidation sites excluding steroid dienone is 3. The maximum Gasteiger partial charge on any atom is -0.0152 e. The standard InChI is InChI=1S/C6H10O2S/c1-2-3-4-5-6-9(7)8/h2-3,5-6H,4H2,1H3,(H,7,8)/p-1. The van der Waals surface area contributed by atoms with Crippen molar-refractivity contribution in [1.29, 1.82) is 0 Å². The molecule has 1 unspecified atom stereocenters. The Bertz CT molecular complexity index is 138. The van der Waals surface area contributed by atoms with Gasteiger partial charge in [0.25, 0.3) is 0 Å². The Morgan fingerprint density at radius 2 is 2.22 bits per heavy atom. The summed E-state index contributed by atoms with van der Waals surface area (Å²) in [6, 6.07) is 0. The fourth-order valence-corrected chi connectivity index (χ4v) is 0.617. The van der Waals surface area contributed by atoms with E-state index in [4.69, 9.17) is 0 Å². The normalized spacial score (nSPS) is 15.3. The molecule has 0 aromatic carbocycles. The third-order valence-electron chi connectivity index (χ3n) is 0.715. The van der Waals surface area contributed by atoms with E-state index in [1.807, 2.05) is 19.1 Å². The minimum absolute atomic E-state index is 0.685. The summed E-state index contributed by atoms with van der Waals surface area (Å²) in [4.78, 5) is 0. The van der Waals surface area contributed by atoms with Crippen LogP contribution in [0.5, 0.6) is 0 Å². The van der Waals surface area contributed by atoms with Crippen molar-refractivity contribution in [2.45, 2.75) is 13.3 Å². The molecule has 0 aliphatic heterocycles. The van der Waals surface area contributed by atoms with E-state index < -0.39 is 11.1 Å². The molecule has 0 radical (unpaired) electrons. The predicted octanol–water partition coefficient (Wildman–Crippen LogP) is 1.35. The summed E-state index contributed by atoms with van der Waals surface area (Å²) in [5.41, 5.74) is 0. The van der Waals surface area contributed by atoms with Crippen molar-refractivity contribution in [3.63, 3.8) is 0 Å². The summed E-state index contributed by atoms with van der Waals surface area (Å²) >= 11 is -2.03. The lowest BCUT2D eigenvalue weighted by atomic mass is 10.4. The van der Waals surface area contributed by atoms with E-state index in [1.165, 1.54) is 0 Å². The van der Waals surface area contributed by atoms with Gasteiger partial charge in [-0.25, -0.2) is 0 Å². The lowest BCUT2D eigenvalue weighted by Crippen LogP contribution is -1.75. The highest BCUT2D eigenvalue weighted by molar-refractivity contribution is 7.82. The van der Waals surface area contributed by atoms with E-state index in [9.17, 15) is 8.76 Å². The van der Waals surface area contributed by atoms with E-state index in [0.29, 0.717) is 6.42 Å². The van der Waals surface area contributed by atoms with Crippen molar-refractivity contribution in [2.24, 2.45) is 0 Å². The average Bonchev–Trinajstić information content (AvgIpc) is 1.80. The molecule has 0 aromatic rings. The summed E-state index contributed by atoms with van der Waals surface area (Å²) in [5.74, 6) is 0. The van der Waals surface area contributed by atoms with E-state index in [-0.39, 0.29) is 0 Å². The molecule has 9 heavy (non-hydrogen) atoms. The van der Waals surface area contributed by atoms with Gasteiger partial charge in [-0.2, -0.15) is 0 Å². The van der Waals surface area contributed by atoms with Gasteiger partial charge in [0.05, 0.1) is 0 Å². The zero-order valence-electron chi connectivity index (χ0n) is 5.24. The molecule has 0 saturated heterocycles. The molecule has 2 nitrogen and oxygen atoms in total. The monoisotopic (exact) mass is 145 g/mol. The second-order valence-corrected chi connectivity index (χ2v) is 2.23. The largest absolute Gasteiger partial charge is 0.769 e. The van der Waals surface area contributed by atoms with Crippen LogP contribution in [-0.2, 0) is 11.1 Å². The maximum atomic E-state index is 9.85. The van der Waals surface area contributed by atoms with Gasteiger partial charge in [0, 0.05) is 0 Å². The van der Waals surface area contributed by atoms with E-state index in [0.717, 1.165) is 5.41 Å². The van der Waals surface area contributed by atoms with Crippen LogP contribution in [0.15, 0.2) is 23.6 Å². The smallest absolute Gasteiger partial charge is 0.0152 e. The number of rotatable bonds is 3. The Morgan fingerprint density at radius 1 is 1.56 bits per heavy atom. The minimum Gasteiger partial charge on any atom is -0.769 e. The Hall–Kier alpha value is -0.410. The molecular weight excluding hydrogens is 136 g/mol. The summed E-state index contributed by atoms with van der Waals surface area (Å²) in [6.45, 7) is 1.89. The highest BCUT2D eigenvalue weighted by Crippen LogP contribution is 1.86. The van der Waals surface area contributed by atoms with Crippen LogP contribution in [0.4, 0.5) is 0 Å². The van der Waals surface area contributed by atoms with Gasteiger partial charge in [-0.05, 0) is 29.8 Å². The fraction of sp³-hybridized carbons (Fsp3) is 0.333. The van der Waals surface area contributed by atoms with Gasteiger partial charge in [-0.1, -0.05) is 18.2 Å². The molecule has 0 saturated carbocycles. The van der Waals surface area contributed by atoms with Gasteiger partial charge < -0.3 is 4.55 Å².